The van der Waals surface area contributed by atoms with E-state index in [4.69, 9.17) is 4.74 Å². The molecule has 3 nitrogen and oxygen atoms in total. The molecule has 0 spiro atoms. The third-order valence-electron chi connectivity index (χ3n) is 3.98. The van der Waals surface area contributed by atoms with Crippen LogP contribution in [0.4, 0.5) is 0 Å². The third kappa shape index (κ3) is 2.28. The summed E-state index contributed by atoms with van der Waals surface area (Å²) in [6, 6.07) is 9.19. The molecule has 96 valence electrons. The van der Waals surface area contributed by atoms with Crippen LogP contribution in [0.1, 0.15) is 24.8 Å². The highest BCUT2D eigenvalue weighted by Gasteiger charge is 2.23. The second-order valence-corrected chi connectivity index (χ2v) is 5.10. The van der Waals surface area contributed by atoms with Crippen LogP contribution in [0.2, 0.25) is 0 Å². The molecule has 2 aromatic rings. The molecule has 18 heavy (non-hydrogen) atoms. The van der Waals surface area contributed by atoms with Crippen LogP contribution in [0, 0.1) is 0 Å². The van der Waals surface area contributed by atoms with Crippen molar-refractivity contribution in [2.75, 3.05) is 7.11 Å². The van der Waals surface area contributed by atoms with Crippen molar-refractivity contribution in [1.82, 2.24) is 10.3 Å². The number of benzene rings is 1. The Morgan fingerprint density at radius 3 is 3.11 bits per heavy atom. The van der Waals surface area contributed by atoms with E-state index >= 15 is 0 Å². The Hall–Kier alpha value is -1.32. The van der Waals surface area contributed by atoms with Crippen LogP contribution in [-0.4, -0.2) is 24.2 Å². The van der Waals surface area contributed by atoms with Gasteiger partial charge >= 0.3 is 0 Å². The van der Waals surface area contributed by atoms with Gasteiger partial charge in [0.05, 0.1) is 6.10 Å². The Morgan fingerprint density at radius 2 is 2.28 bits per heavy atom. The van der Waals surface area contributed by atoms with Gasteiger partial charge in [-0.2, -0.15) is 0 Å². The van der Waals surface area contributed by atoms with E-state index in [0.29, 0.717) is 12.1 Å². The molecule has 1 fully saturated rings. The van der Waals surface area contributed by atoms with Gasteiger partial charge in [-0.1, -0.05) is 12.1 Å². The lowest BCUT2D eigenvalue weighted by atomic mass is 10.1. The summed E-state index contributed by atoms with van der Waals surface area (Å²) < 4.78 is 5.41. The summed E-state index contributed by atoms with van der Waals surface area (Å²) in [4.78, 5) is 3.26. The largest absolute Gasteiger partial charge is 0.381 e. The maximum atomic E-state index is 5.41. The summed E-state index contributed by atoms with van der Waals surface area (Å²) in [5.74, 6) is 0. The fraction of sp³-hybridized carbons (Fsp3) is 0.467. The fourth-order valence-corrected chi connectivity index (χ4v) is 2.90. The van der Waals surface area contributed by atoms with Crippen LogP contribution in [0.3, 0.4) is 0 Å². The predicted molar refractivity (Wildman–Crippen MR) is 73.6 cm³/mol. The minimum Gasteiger partial charge on any atom is -0.381 e. The second kappa shape index (κ2) is 5.12. The third-order valence-corrected chi connectivity index (χ3v) is 3.98. The topological polar surface area (TPSA) is 37.0 Å². The molecule has 0 radical (unpaired) electrons. The van der Waals surface area contributed by atoms with Crippen LogP contribution in [-0.2, 0) is 11.3 Å². The van der Waals surface area contributed by atoms with Crippen molar-refractivity contribution in [3.8, 4) is 0 Å². The molecule has 1 aromatic heterocycles. The summed E-state index contributed by atoms with van der Waals surface area (Å²) in [6.07, 6.45) is 6.00. The van der Waals surface area contributed by atoms with E-state index < -0.39 is 0 Å². The number of nitrogens with one attached hydrogen (secondary N) is 2. The monoisotopic (exact) mass is 244 g/mol. The van der Waals surface area contributed by atoms with Crippen LogP contribution < -0.4 is 5.32 Å². The fourth-order valence-electron chi connectivity index (χ4n) is 2.90. The molecule has 0 aliphatic heterocycles. The maximum absolute atomic E-state index is 5.41. The minimum atomic E-state index is 0.450. The van der Waals surface area contributed by atoms with E-state index in [1.807, 2.05) is 13.3 Å². The van der Waals surface area contributed by atoms with Gasteiger partial charge in [0.15, 0.2) is 0 Å². The molecular formula is C15H20N2O. The quantitative estimate of drug-likeness (QED) is 0.867. The summed E-state index contributed by atoms with van der Waals surface area (Å²) in [5, 5.41) is 4.98. The zero-order chi connectivity index (χ0) is 12.4. The first-order valence-corrected chi connectivity index (χ1v) is 6.68. The van der Waals surface area contributed by atoms with Crippen molar-refractivity contribution >= 4 is 10.9 Å². The lowest BCUT2D eigenvalue weighted by molar-refractivity contribution is 0.107. The van der Waals surface area contributed by atoms with Crippen molar-refractivity contribution in [3.63, 3.8) is 0 Å². The van der Waals surface area contributed by atoms with E-state index in [1.165, 1.54) is 29.3 Å². The Morgan fingerprint density at radius 1 is 1.33 bits per heavy atom. The van der Waals surface area contributed by atoms with Crippen molar-refractivity contribution in [2.24, 2.45) is 0 Å². The number of hydrogen-bond acceptors (Lipinski definition) is 2. The molecule has 1 aliphatic carbocycles. The number of H-pyrrole nitrogens is 1. The molecule has 2 unspecified atom stereocenters. The molecule has 0 bridgehead atoms. The van der Waals surface area contributed by atoms with E-state index in [0.717, 1.165) is 13.0 Å². The van der Waals surface area contributed by atoms with Crippen LogP contribution in [0.25, 0.3) is 10.9 Å². The lowest BCUT2D eigenvalue weighted by Gasteiger charge is -2.13. The van der Waals surface area contributed by atoms with Gasteiger partial charge in [0.1, 0.15) is 0 Å². The summed E-state index contributed by atoms with van der Waals surface area (Å²) in [5.41, 5.74) is 2.59. The lowest BCUT2D eigenvalue weighted by Crippen LogP contribution is -2.26. The number of hydrogen-bond donors (Lipinski definition) is 2. The first-order valence-electron chi connectivity index (χ1n) is 6.68. The molecule has 0 saturated heterocycles. The van der Waals surface area contributed by atoms with E-state index in [9.17, 15) is 0 Å². The van der Waals surface area contributed by atoms with Gasteiger partial charge < -0.3 is 15.0 Å². The first-order chi connectivity index (χ1) is 8.86. The van der Waals surface area contributed by atoms with Crippen LogP contribution in [0.15, 0.2) is 30.5 Å². The first kappa shape index (κ1) is 11.8. The number of aromatic amines is 1. The molecule has 1 aromatic carbocycles. The summed E-state index contributed by atoms with van der Waals surface area (Å²) in [6.45, 7) is 0.941. The van der Waals surface area contributed by atoms with Gasteiger partial charge in [-0.25, -0.2) is 0 Å². The van der Waals surface area contributed by atoms with E-state index in [1.54, 1.807) is 0 Å². The molecule has 0 amide bonds. The van der Waals surface area contributed by atoms with Crippen molar-refractivity contribution in [3.05, 3.63) is 36.0 Å². The Kier molecular flexibility index (Phi) is 3.35. The van der Waals surface area contributed by atoms with Gasteiger partial charge in [0, 0.05) is 36.8 Å². The van der Waals surface area contributed by atoms with Gasteiger partial charge in [0.2, 0.25) is 0 Å². The predicted octanol–water partition coefficient (Wildman–Crippen LogP) is 2.83. The average molecular weight is 244 g/mol. The van der Waals surface area contributed by atoms with Gasteiger partial charge in [-0.15, -0.1) is 0 Å². The highest BCUT2D eigenvalue weighted by atomic mass is 16.5. The smallest absolute Gasteiger partial charge is 0.0586 e. The molecule has 1 heterocycles. The highest BCUT2D eigenvalue weighted by Crippen LogP contribution is 2.23. The summed E-state index contributed by atoms with van der Waals surface area (Å²) >= 11 is 0. The molecule has 1 saturated carbocycles. The number of rotatable bonds is 4. The molecule has 3 heteroatoms. The molecular weight excluding hydrogens is 224 g/mol. The van der Waals surface area contributed by atoms with E-state index in [-0.39, 0.29) is 0 Å². The minimum absolute atomic E-state index is 0.450. The number of ether oxygens (including phenoxy) is 1. The van der Waals surface area contributed by atoms with E-state index in [2.05, 4.69) is 34.6 Å². The van der Waals surface area contributed by atoms with Crippen molar-refractivity contribution in [1.29, 1.82) is 0 Å². The Balaban J connectivity index is 1.65. The molecule has 2 N–H and O–H groups in total. The number of aromatic nitrogens is 1. The zero-order valence-electron chi connectivity index (χ0n) is 10.8. The van der Waals surface area contributed by atoms with Gasteiger partial charge in [-0.05, 0) is 37.0 Å². The molecule has 1 aliphatic rings. The van der Waals surface area contributed by atoms with Crippen molar-refractivity contribution in [2.45, 2.75) is 38.0 Å². The molecule has 3 rings (SSSR count). The SMILES string of the molecule is COC1CCC(NCc2cccc3[nH]ccc23)C1. The number of fused-ring (bicyclic) bond motifs is 1. The average Bonchev–Trinajstić information content (AvgIpc) is 3.05. The summed E-state index contributed by atoms with van der Waals surface area (Å²) in [7, 11) is 1.81. The zero-order valence-corrected chi connectivity index (χ0v) is 10.8. The van der Waals surface area contributed by atoms with Crippen LogP contribution >= 0.6 is 0 Å². The molecule has 2 atom stereocenters. The Bertz CT molecular complexity index is 520. The standard InChI is InChI=1S/C15H20N2O/c1-18-13-6-5-12(9-13)17-10-11-3-2-4-15-14(11)7-8-16-15/h2-4,7-8,12-13,16-17H,5-6,9-10H2,1H3. The van der Waals surface area contributed by atoms with Gasteiger partial charge in [0.25, 0.3) is 0 Å². The normalized spacial score (nSPS) is 23.8. The van der Waals surface area contributed by atoms with Gasteiger partial charge in [-0.3, -0.25) is 0 Å². The maximum Gasteiger partial charge on any atom is 0.0586 e. The van der Waals surface area contributed by atoms with Crippen molar-refractivity contribution < 1.29 is 4.74 Å². The highest BCUT2D eigenvalue weighted by molar-refractivity contribution is 5.82. The Labute approximate surface area is 108 Å². The van der Waals surface area contributed by atoms with Crippen LogP contribution in [0.5, 0.6) is 0 Å². The number of methoxy groups -OCH3 is 1. The second-order valence-electron chi connectivity index (χ2n) is 5.10.